The normalized spacial score (nSPS) is 21.1. The molecule has 0 aliphatic heterocycles. The van der Waals surface area contributed by atoms with Crippen LogP contribution < -0.4 is 9.80 Å². The summed E-state index contributed by atoms with van der Waals surface area (Å²) in [6.45, 7) is 8.61. The van der Waals surface area contributed by atoms with E-state index >= 15 is 0 Å². The fourth-order valence-electron chi connectivity index (χ4n) is 4.72. The monoisotopic (exact) mass is 489 g/mol. The second kappa shape index (κ2) is 11.2. The number of hydrogen-bond acceptors (Lipinski definition) is 7. The maximum Gasteiger partial charge on any atom is 0.260 e. The number of imide groups is 2. The lowest BCUT2D eigenvalue weighted by molar-refractivity contribution is -0.123. The van der Waals surface area contributed by atoms with Crippen molar-refractivity contribution < 1.29 is 19.2 Å². The summed E-state index contributed by atoms with van der Waals surface area (Å²) in [5.41, 5.74) is 0.564. The molecule has 2 aliphatic carbocycles. The Balaban J connectivity index is 2.32. The van der Waals surface area contributed by atoms with Gasteiger partial charge < -0.3 is 0 Å². The Hall–Kier alpha value is -4.01. The lowest BCUT2D eigenvalue weighted by Gasteiger charge is -2.29. The van der Waals surface area contributed by atoms with Crippen molar-refractivity contribution in [2.24, 2.45) is 5.92 Å². The maximum absolute atomic E-state index is 13.0. The highest BCUT2D eigenvalue weighted by atomic mass is 16.2. The zero-order valence-corrected chi connectivity index (χ0v) is 21.3. The number of carbonyl (C=O) groups excluding carboxylic acids is 4. The molecule has 1 heterocycles. The number of allylic oxidation sites excluding steroid dienone is 6. The molecule has 1 aromatic rings. The number of hydrogen-bond donors (Lipinski definition) is 0. The van der Waals surface area contributed by atoms with Crippen LogP contribution >= 0.6 is 0 Å². The first-order valence-electron chi connectivity index (χ1n) is 11.9. The Kier molecular flexibility index (Phi) is 8.24. The van der Waals surface area contributed by atoms with Crippen molar-refractivity contribution in [2.45, 2.75) is 59.3 Å². The quantitative estimate of drug-likeness (QED) is 0.422. The smallest absolute Gasteiger partial charge is 0.260 e. The summed E-state index contributed by atoms with van der Waals surface area (Å²) in [5.74, 6) is -2.41. The Morgan fingerprint density at radius 2 is 1.19 bits per heavy atom. The van der Waals surface area contributed by atoms with E-state index in [9.17, 15) is 19.2 Å². The van der Waals surface area contributed by atoms with Gasteiger partial charge >= 0.3 is 0 Å². The molecule has 188 valence electrons. The number of aromatic nitrogens is 3. The van der Waals surface area contributed by atoms with E-state index in [2.05, 4.69) is 21.0 Å². The molecule has 2 aliphatic rings. The lowest BCUT2D eigenvalue weighted by Crippen LogP contribution is -2.40. The number of fused-ring (bicyclic) bond motifs is 2. The molecule has 2 bridgehead atoms. The van der Waals surface area contributed by atoms with Gasteiger partial charge in [-0.3, -0.25) is 19.2 Å². The highest BCUT2D eigenvalue weighted by molar-refractivity contribution is 6.22. The second-order valence-corrected chi connectivity index (χ2v) is 8.72. The summed E-state index contributed by atoms with van der Waals surface area (Å²) in [6, 6.07) is 0. The van der Waals surface area contributed by atoms with E-state index in [1.54, 1.807) is 27.7 Å². The number of amides is 4. The summed E-state index contributed by atoms with van der Waals surface area (Å²) in [4.78, 5) is 67.1. The summed E-state index contributed by atoms with van der Waals surface area (Å²) in [6.07, 6.45) is 15.6. The number of rotatable bonds is 7. The fraction of sp³-hybridized carbons (Fsp3) is 0.370. The molecule has 4 amide bonds. The van der Waals surface area contributed by atoms with E-state index < -0.39 is 29.0 Å². The highest BCUT2D eigenvalue weighted by Gasteiger charge is 2.49. The molecule has 0 aromatic carbocycles. The zero-order chi connectivity index (χ0) is 26.5. The van der Waals surface area contributed by atoms with Crippen molar-refractivity contribution in [1.82, 2.24) is 15.0 Å². The van der Waals surface area contributed by atoms with Crippen LogP contribution in [0.25, 0.3) is 0 Å². The van der Waals surface area contributed by atoms with Gasteiger partial charge in [-0.2, -0.15) is 15.0 Å². The largest absolute Gasteiger partial charge is 0.269 e. The highest BCUT2D eigenvalue weighted by Crippen LogP contribution is 2.54. The first kappa shape index (κ1) is 26.6. The van der Waals surface area contributed by atoms with E-state index in [-0.39, 0.29) is 11.9 Å². The van der Waals surface area contributed by atoms with Crippen molar-refractivity contribution in [3.05, 3.63) is 66.1 Å². The molecule has 1 aromatic heterocycles. The summed E-state index contributed by atoms with van der Waals surface area (Å²) in [5, 5.41) is 0. The Bertz CT molecular complexity index is 1110. The van der Waals surface area contributed by atoms with Crippen LogP contribution in [-0.2, 0) is 24.6 Å². The number of carbonyl (C=O) groups is 4. The van der Waals surface area contributed by atoms with Crippen LogP contribution in [0.15, 0.2) is 60.3 Å². The minimum absolute atomic E-state index is 0.245. The van der Waals surface area contributed by atoms with Crippen LogP contribution in [-0.4, -0.2) is 38.6 Å². The lowest BCUT2D eigenvalue weighted by atomic mass is 9.80. The van der Waals surface area contributed by atoms with Gasteiger partial charge in [-0.05, 0) is 84.1 Å². The van der Waals surface area contributed by atoms with Gasteiger partial charge in [0.2, 0.25) is 11.9 Å². The third kappa shape index (κ3) is 5.00. The first-order chi connectivity index (χ1) is 17.2. The fourth-order valence-corrected chi connectivity index (χ4v) is 4.72. The van der Waals surface area contributed by atoms with E-state index in [0.717, 1.165) is 34.6 Å². The van der Waals surface area contributed by atoms with Crippen LogP contribution in [0.5, 0.6) is 0 Å². The van der Waals surface area contributed by atoms with Crippen molar-refractivity contribution in [2.75, 3.05) is 9.80 Å². The van der Waals surface area contributed by atoms with E-state index in [1.807, 2.05) is 6.92 Å². The summed E-state index contributed by atoms with van der Waals surface area (Å²) >= 11 is 0. The number of anilines is 2. The minimum Gasteiger partial charge on any atom is -0.269 e. The Morgan fingerprint density at radius 1 is 0.778 bits per heavy atom. The van der Waals surface area contributed by atoms with Crippen LogP contribution in [0, 0.1) is 5.92 Å². The molecule has 2 unspecified atom stereocenters. The van der Waals surface area contributed by atoms with Gasteiger partial charge in [0.25, 0.3) is 23.6 Å². The molecule has 1 saturated carbocycles. The Labute approximate surface area is 211 Å². The molecule has 9 nitrogen and oxygen atoms in total. The van der Waals surface area contributed by atoms with Gasteiger partial charge in [-0.1, -0.05) is 36.0 Å². The molecular weight excluding hydrogens is 458 g/mol. The maximum atomic E-state index is 13.0. The second-order valence-electron chi connectivity index (χ2n) is 8.72. The van der Waals surface area contributed by atoms with Crippen LogP contribution in [0.2, 0.25) is 0 Å². The van der Waals surface area contributed by atoms with E-state index in [0.29, 0.717) is 11.7 Å². The zero-order valence-electron chi connectivity index (χ0n) is 21.3. The van der Waals surface area contributed by atoms with Crippen molar-refractivity contribution in [1.29, 1.82) is 0 Å². The third-order valence-electron chi connectivity index (χ3n) is 6.35. The van der Waals surface area contributed by atoms with Gasteiger partial charge in [0, 0.05) is 0 Å². The minimum atomic E-state index is -0.657. The molecule has 2 atom stereocenters. The topological polar surface area (TPSA) is 113 Å². The van der Waals surface area contributed by atoms with Crippen molar-refractivity contribution in [3.63, 3.8) is 0 Å². The molecule has 3 rings (SSSR count). The van der Waals surface area contributed by atoms with E-state index in [4.69, 9.17) is 0 Å². The SMILES string of the molecule is C/C=C/C(=O)N(C(=O)/C=C/C)c1nc(N(C(=O)/C=C/C)C(=O)/C=C/C)nc(C23CCC(C=C2C)C3)n1. The molecule has 36 heavy (non-hydrogen) atoms. The standard InChI is InChI=1S/C27H31N5O4/c1-6-10-20(33)31(21(34)11-7-2)25-28-24(27-15-14-19(17-27)16-18(27)5)29-26(30-25)32(22(35)12-8-3)23(36)13-9-4/h6-13,16,19H,14-15,17H2,1-5H3/b10-6+,11-7+,12-8+,13-9+. The molecular formula is C27H31N5O4. The van der Waals surface area contributed by atoms with Gasteiger partial charge in [-0.15, -0.1) is 0 Å². The molecule has 1 fully saturated rings. The van der Waals surface area contributed by atoms with Crippen LogP contribution in [0.4, 0.5) is 11.9 Å². The molecule has 0 N–H and O–H groups in total. The predicted octanol–water partition coefficient (Wildman–Crippen LogP) is 3.89. The molecule has 0 spiro atoms. The van der Waals surface area contributed by atoms with Gasteiger partial charge in [-0.25, -0.2) is 9.80 Å². The van der Waals surface area contributed by atoms with Gasteiger partial charge in [0.1, 0.15) is 5.82 Å². The molecule has 0 radical (unpaired) electrons. The van der Waals surface area contributed by atoms with Crippen molar-refractivity contribution in [3.8, 4) is 0 Å². The molecule has 9 heteroatoms. The molecule has 0 saturated heterocycles. The Morgan fingerprint density at radius 3 is 1.50 bits per heavy atom. The average molecular weight is 490 g/mol. The van der Waals surface area contributed by atoms with Gasteiger partial charge in [0.15, 0.2) is 0 Å². The van der Waals surface area contributed by atoms with Crippen LogP contribution in [0.1, 0.15) is 59.7 Å². The third-order valence-corrected chi connectivity index (χ3v) is 6.35. The predicted molar refractivity (Wildman–Crippen MR) is 137 cm³/mol. The first-order valence-corrected chi connectivity index (χ1v) is 11.9. The van der Waals surface area contributed by atoms with E-state index in [1.165, 1.54) is 48.6 Å². The summed E-state index contributed by atoms with van der Waals surface area (Å²) < 4.78 is 0. The average Bonchev–Trinajstić information content (AvgIpc) is 3.39. The van der Waals surface area contributed by atoms with Crippen LogP contribution in [0.3, 0.4) is 0 Å². The summed E-state index contributed by atoms with van der Waals surface area (Å²) in [7, 11) is 0. The number of nitrogens with zero attached hydrogens (tertiary/aromatic N) is 5. The van der Waals surface area contributed by atoms with Crippen molar-refractivity contribution >= 4 is 35.5 Å². The van der Waals surface area contributed by atoms with Gasteiger partial charge in [0.05, 0.1) is 5.41 Å².